The molecule has 0 aliphatic carbocycles. The standard InChI is InChI=1S/C15H21N3O/c1-4-7-14-17-12-8-5-6-9-13(12)18(14)10-15(19)16-11(2)3/h5-6,8-9,11H,4,7,10H2,1-3H3,(H,16,19). The highest BCUT2D eigenvalue weighted by Crippen LogP contribution is 2.17. The lowest BCUT2D eigenvalue weighted by Gasteiger charge is -2.11. The van der Waals surface area contributed by atoms with Crippen LogP contribution in [0.4, 0.5) is 0 Å². The summed E-state index contributed by atoms with van der Waals surface area (Å²) >= 11 is 0. The largest absolute Gasteiger partial charge is 0.352 e. The highest BCUT2D eigenvalue weighted by Gasteiger charge is 2.13. The Hall–Kier alpha value is -1.84. The van der Waals surface area contributed by atoms with Crippen molar-refractivity contribution in [3.63, 3.8) is 0 Å². The molecule has 19 heavy (non-hydrogen) atoms. The van der Waals surface area contributed by atoms with Crippen molar-refractivity contribution in [1.29, 1.82) is 0 Å². The summed E-state index contributed by atoms with van der Waals surface area (Å²) in [6, 6.07) is 8.13. The number of nitrogens with zero attached hydrogens (tertiary/aromatic N) is 2. The van der Waals surface area contributed by atoms with Crippen LogP contribution in [0.5, 0.6) is 0 Å². The number of amides is 1. The predicted octanol–water partition coefficient (Wildman–Crippen LogP) is 2.51. The second kappa shape index (κ2) is 5.87. The Morgan fingerprint density at radius 1 is 1.37 bits per heavy atom. The van der Waals surface area contributed by atoms with E-state index in [0.29, 0.717) is 6.54 Å². The van der Waals surface area contributed by atoms with Crippen molar-refractivity contribution in [1.82, 2.24) is 14.9 Å². The lowest BCUT2D eigenvalue weighted by Crippen LogP contribution is -2.33. The molecule has 0 spiro atoms. The van der Waals surface area contributed by atoms with E-state index >= 15 is 0 Å². The van der Waals surface area contributed by atoms with Gasteiger partial charge in [0.1, 0.15) is 12.4 Å². The van der Waals surface area contributed by atoms with Crippen LogP contribution >= 0.6 is 0 Å². The van der Waals surface area contributed by atoms with Gasteiger partial charge >= 0.3 is 0 Å². The third-order valence-electron chi connectivity index (χ3n) is 2.96. The Morgan fingerprint density at radius 3 is 2.79 bits per heavy atom. The van der Waals surface area contributed by atoms with Crippen molar-refractivity contribution in [2.75, 3.05) is 0 Å². The van der Waals surface area contributed by atoms with Gasteiger partial charge in [0.25, 0.3) is 0 Å². The molecule has 2 rings (SSSR count). The van der Waals surface area contributed by atoms with Crippen molar-refractivity contribution in [3.8, 4) is 0 Å². The van der Waals surface area contributed by atoms with Crippen LogP contribution in [0.2, 0.25) is 0 Å². The first kappa shape index (κ1) is 13.6. The van der Waals surface area contributed by atoms with E-state index in [1.165, 1.54) is 0 Å². The van der Waals surface area contributed by atoms with Crippen molar-refractivity contribution in [2.45, 2.75) is 46.2 Å². The smallest absolute Gasteiger partial charge is 0.240 e. The molecule has 0 atom stereocenters. The van der Waals surface area contributed by atoms with Gasteiger partial charge in [-0.05, 0) is 32.4 Å². The Labute approximate surface area is 113 Å². The van der Waals surface area contributed by atoms with Gasteiger partial charge < -0.3 is 9.88 Å². The molecule has 4 heteroatoms. The molecule has 2 aromatic rings. The summed E-state index contributed by atoms with van der Waals surface area (Å²) in [5.41, 5.74) is 1.99. The number of aromatic nitrogens is 2. The monoisotopic (exact) mass is 259 g/mol. The molecule has 4 nitrogen and oxygen atoms in total. The zero-order valence-electron chi connectivity index (χ0n) is 11.8. The Bertz CT molecular complexity index is 572. The van der Waals surface area contributed by atoms with E-state index in [1.54, 1.807) is 0 Å². The maximum absolute atomic E-state index is 12.0. The predicted molar refractivity (Wildman–Crippen MR) is 77.0 cm³/mol. The number of hydrogen-bond donors (Lipinski definition) is 1. The van der Waals surface area contributed by atoms with Gasteiger partial charge in [0.05, 0.1) is 11.0 Å². The van der Waals surface area contributed by atoms with Crippen LogP contribution in [0.3, 0.4) is 0 Å². The van der Waals surface area contributed by atoms with Gasteiger partial charge in [-0.1, -0.05) is 19.1 Å². The SMILES string of the molecule is CCCc1nc2ccccc2n1CC(=O)NC(C)C. The molecule has 0 aliphatic rings. The minimum atomic E-state index is 0.0375. The van der Waals surface area contributed by atoms with Crippen LogP contribution in [-0.2, 0) is 17.8 Å². The van der Waals surface area contributed by atoms with Gasteiger partial charge in [0.2, 0.25) is 5.91 Å². The number of nitrogens with one attached hydrogen (secondary N) is 1. The number of hydrogen-bond acceptors (Lipinski definition) is 2. The zero-order chi connectivity index (χ0) is 13.8. The van der Waals surface area contributed by atoms with Gasteiger partial charge in [-0.3, -0.25) is 4.79 Å². The van der Waals surface area contributed by atoms with E-state index < -0.39 is 0 Å². The lowest BCUT2D eigenvalue weighted by molar-refractivity contribution is -0.122. The average molecular weight is 259 g/mol. The first-order chi connectivity index (χ1) is 9.11. The van der Waals surface area contributed by atoms with Crippen molar-refractivity contribution < 1.29 is 4.79 Å². The second-order valence-corrected chi connectivity index (χ2v) is 5.08. The number of benzene rings is 1. The molecule has 1 N–H and O–H groups in total. The molecule has 0 saturated heterocycles. The molecular weight excluding hydrogens is 238 g/mol. The molecule has 0 fully saturated rings. The summed E-state index contributed by atoms with van der Waals surface area (Å²) in [4.78, 5) is 16.6. The molecule has 0 bridgehead atoms. The Morgan fingerprint density at radius 2 is 2.11 bits per heavy atom. The molecule has 1 heterocycles. The van der Waals surface area contributed by atoms with Crippen molar-refractivity contribution in [3.05, 3.63) is 30.1 Å². The van der Waals surface area contributed by atoms with Crippen LogP contribution in [0.15, 0.2) is 24.3 Å². The van der Waals surface area contributed by atoms with Gasteiger partial charge in [-0.2, -0.15) is 0 Å². The normalized spacial score (nSPS) is 11.2. The molecule has 0 radical (unpaired) electrons. The second-order valence-electron chi connectivity index (χ2n) is 5.08. The number of fused-ring (bicyclic) bond motifs is 1. The number of carbonyl (C=O) groups excluding carboxylic acids is 1. The molecule has 0 saturated carbocycles. The molecule has 1 aromatic carbocycles. The van der Waals surface area contributed by atoms with Crippen molar-refractivity contribution in [2.24, 2.45) is 0 Å². The van der Waals surface area contributed by atoms with Gasteiger partial charge in [0.15, 0.2) is 0 Å². The van der Waals surface area contributed by atoms with Crippen molar-refractivity contribution >= 4 is 16.9 Å². The maximum atomic E-state index is 12.0. The fraction of sp³-hybridized carbons (Fsp3) is 0.467. The summed E-state index contributed by atoms with van der Waals surface area (Å²) in [6.45, 7) is 6.40. The first-order valence-electron chi connectivity index (χ1n) is 6.85. The topological polar surface area (TPSA) is 46.9 Å². The van der Waals surface area contributed by atoms with E-state index in [4.69, 9.17) is 0 Å². The van der Waals surface area contributed by atoms with Crippen LogP contribution < -0.4 is 5.32 Å². The highest BCUT2D eigenvalue weighted by molar-refractivity contribution is 5.81. The highest BCUT2D eigenvalue weighted by atomic mass is 16.2. The average Bonchev–Trinajstić information content (AvgIpc) is 2.67. The summed E-state index contributed by atoms with van der Waals surface area (Å²) < 4.78 is 2.02. The molecule has 0 unspecified atom stereocenters. The van der Waals surface area contributed by atoms with E-state index in [1.807, 2.05) is 42.7 Å². The zero-order valence-corrected chi connectivity index (χ0v) is 11.8. The molecule has 0 aliphatic heterocycles. The summed E-state index contributed by atoms with van der Waals surface area (Å²) in [7, 11) is 0. The summed E-state index contributed by atoms with van der Waals surface area (Å²) in [5, 5.41) is 2.93. The number of carbonyl (C=O) groups is 1. The third kappa shape index (κ3) is 3.13. The van der Waals surface area contributed by atoms with Crippen LogP contribution in [0.25, 0.3) is 11.0 Å². The maximum Gasteiger partial charge on any atom is 0.240 e. The number of rotatable bonds is 5. The summed E-state index contributed by atoms with van der Waals surface area (Å²) in [5.74, 6) is 1.03. The van der Waals surface area contributed by atoms with E-state index in [-0.39, 0.29) is 11.9 Å². The Balaban J connectivity index is 2.33. The molecule has 1 aromatic heterocycles. The van der Waals surface area contributed by atoms with Crippen LogP contribution in [-0.4, -0.2) is 21.5 Å². The minimum absolute atomic E-state index is 0.0375. The third-order valence-corrected chi connectivity index (χ3v) is 2.96. The number of imidazole rings is 1. The van der Waals surface area contributed by atoms with Gasteiger partial charge in [-0.15, -0.1) is 0 Å². The van der Waals surface area contributed by atoms with Crippen LogP contribution in [0.1, 0.15) is 33.0 Å². The lowest BCUT2D eigenvalue weighted by atomic mass is 10.3. The quantitative estimate of drug-likeness (QED) is 0.897. The minimum Gasteiger partial charge on any atom is -0.352 e. The van der Waals surface area contributed by atoms with Crippen LogP contribution in [0, 0.1) is 0 Å². The Kier molecular flexibility index (Phi) is 4.20. The fourth-order valence-electron chi connectivity index (χ4n) is 2.23. The fourth-order valence-corrected chi connectivity index (χ4v) is 2.23. The number of aryl methyl sites for hydroxylation is 1. The van der Waals surface area contributed by atoms with E-state index in [0.717, 1.165) is 29.7 Å². The van der Waals surface area contributed by atoms with E-state index in [2.05, 4.69) is 17.2 Å². The molecule has 102 valence electrons. The van der Waals surface area contributed by atoms with Gasteiger partial charge in [0, 0.05) is 12.5 Å². The van der Waals surface area contributed by atoms with E-state index in [9.17, 15) is 4.79 Å². The summed E-state index contributed by atoms with van der Waals surface area (Å²) in [6.07, 6.45) is 1.92. The van der Waals surface area contributed by atoms with Gasteiger partial charge in [-0.25, -0.2) is 4.98 Å². The molecular formula is C15H21N3O. The molecule has 1 amide bonds. The number of para-hydroxylation sites is 2. The first-order valence-corrected chi connectivity index (χ1v) is 6.85.